The molecule has 0 spiro atoms. The van der Waals surface area contributed by atoms with Gasteiger partial charge in [-0.15, -0.1) is 0 Å². The lowest BCUT2D eigenvalue weighted by atomic mass is 9.66. The van der Waals surface area contributed by atoms with Gasteiger partial charge >= 0.3 is 0 Å². The minimum atomic E-state index is -0.374. The third-order valence-electron chi connectivity index (χ3n) is 3.17. The lowest BCUT2D eigenvalue weighted by molar-refractivity contribution is -0.139. The van der Waals surface area contributed by atoms with Crippen molar-refractivity contribution >= 4 is 5.91 Å². The molecular weight excluding hydrogens is 164 g/mol. The van der Waals surface area contributed by atoms with Gasteiger partial charge in [-0.25, -0.2) is 0 Å². The van der Waals surface area contributed by atoms with Crippen LogP contribution in [-0.4, -0.2) is 29.9 Å². The second-order valence-corrected chi connectivity index (χ2v) is 4.78. The predicted octanol–water partition coefficient (Wildman–Crippen LogP) is 0.981. The van der Waals surface area contributed by atoms with Crippen LogP contribution in [-0.2, 0) is 4.79 Å². The van der Waals surface area contributed by atoms with Gasteiger partial charge in [0.2, 0.25) is 5.91 Å². The van der Waals surface area contributed by atoms with Gasteiger partial charge in [0.25, 0.3) is 0 Å². The Bertz CT molecular complexity index is 211. The molecule has 3 heteroatoms. The van der Waals surface area contributed by atoms with Gasteiger partial charge < -0.3 is 10.6 Å². The van der Waals surface area contributed by atoms with Gasteiger partial charge in [0.15, 0.2) is 0 Å². The van der Waals surface area contributed by atoms with E-state index in [2.05, 4.69) is 13.8 Å². The first kappa shape index (κ1) is 10.5. The highest BCUT2D eigenvalue weighted by Gasteiger charge is 2.42. The lowest BCUT2D eigenvalue weighted by Crippen LogP contribution is -2.55. The molecule has 0 radical (unpaired) electrons. The van der Waals surface area contributed by atoms with E-state index in [1.165, 1.54) is 6.42 Å². The van der Waals surface area contributed by atoms with Gasteiger partial charge in [0, 0.05) is 13.1 Å². The Morgan fingerprint density at radius 1 is 1.62 bits per heavy atom. The predicted molar refractivity (Wildman–Crippen MR) is 53.2 cm³/mol. The van der Waals surface area contributed by atoms with Crippen molar-refractivity contribution < 1.29 is 4.79 Å². The average Bonchev–Trinajstić information content (AvgIpc) is 2.01. The molecule has 1 aliphatic rings. The van der Waals surface area contributed by atoms with E-state index in [9.17, 15) is 4.79 Å². The zero-order valence-electron chi connectivity index (χ0n) is 9.00. The monoisotopic (exact) mass is 184 g/mol. The summed E-state index contributed by atoms with van der Waals surface area (Å²) in [4.78, 5) is 13.4. The van der Waals surface area contributed by atoms with Crippen LogP contribution in [0.25, 0.3) is 0 Å². The topological polar surface area (TPSA) is 46.3 Å². The first-order chi connectivity index (χ1) is 5.86. The number of hydrogen-bond donors (Lipinski definition) is 1. The molecule has 2 atom stereocenters. The van der Waals surface area contributed by atoms with Gasteiger partial charge in [0.1, 0.15) is 0 Å². The number of nitrogens with zero attached hydrogens (tertiary/aromatic N) is 1. The van der Waals surface area contributed by atoms with Crippen LogP contribution >= 0.6 is 0 Å². The fraction of sp³-hybridized carbons (Fsp3) is 0.900. The van der Waals surface area contributed by atoms with Crippen LogP contribution in [0.3, 0.4) is 0 Å². The summed E-state index contributed by atoms with van der Waals surface area (Å²) in [6, 6.07) is 0.00685. The summed E-state index contributed by atoms with van der Waals surface area (Å²) >= 11 is 0. The van der Waals surface area contributed by atoms with Crippen LogP contribution in [0.5, 0.6) is 0 Å². The molecule has 1 rings (SSSR count). The zero-order valence-corrected chi connectivity index (χ0v) is 9.00. The molecule has 1 saturated carbocycles. The summed E-state index contributed by atoms with van der Waals surface area (Å²) in [5.74, 6) is 0.0535. The number of hydrogen-bond acceptors (Lipinski definition) is 2. The van der Waals surface area contributed by atoms with E-state index in [0.717, 1.165) is 6.42 Å². The largest absolute Gasteiger partial charge is 0.341 e. The Hall–Kier alpha value is -0.570. The van der Waals surface area contributed by atoms with Crippen molar-refractivity contribution in [3.05, 3.63) is 0 Å². The molecule has 0 aromatic rings. The molecule has 2 unspecified atom stereocenters. The highest BCUT2D eigenvalue weighted by Crippen LogP contribution is 2.42. The van der Waals surface area contributed by atoms with Crippen LogP contribution in [0.1, 0.15) is 33.6 Å². The Kier molecular flexibility index (Phi) is 2.66. The molecule has 0 aliphatic heterocycles. The van der Waals surface area contributed by atoms with Gasteiger partial charge in [0.05, 0.1) is 6.04 Å². The smallest absolute Gasteiger partial charge is 0.239 e. The molecule has 1 fully saturated rings. The molecule has 0 bridgehead atoms. The molecule has 3 nitrogen and oxygen atoms in total. The molecule has 13 heavy (non-hydrogen) atoms. The molecule has 2 N–H and O–H groups in total. The van der Waals surface area contributed by atoms with Crippen LogP contribution in [0.4, 0.5) is 0 Å². The van der Waals surface area contributed by atoms with Crippen LogP contribution in [0.2, 0.25) is 0 Å². The molecule has 76 valence electrons. The second-order valence-electron chi connectivity index (χ2n) is 4.78. The van der Waals surface area contributed by atoms with Crippen LogP contribution in [0.15, 0.2) is 0 Å². The SMILES string of the molecule is CC(N)C(=O)N(C)C1CCC1(C)C. The van der Waals surface area contributed by atoms with Crippen molar-refractivity contribution in [2.24, 2.45) is 11.1 Å². The number of likely N-dealkylation sites (N-methyl/N-ethyl adjacent to an activating group) is 1. The highest BCUT2D eigenvalue weighted by atomic mass is 16.2. The molecule has 0 aromatic heterocycles. The Morgan fingerprint density at radius 2 is 2.15 bits per heavy atom. The second kappa shape index (κ2) is 3.29. The summed E-state index contributed by atoms with van der Waals surface area (Å²) in [6.45, 7) is 6.14. The van der Waals surface area contributed by atoms with Gasteiger partial charge in [-0.2, -0.15) is 0 Å². The first-order valence-corrected chi connectivity index (χ1v) is 4.88. The van der Waals surface area contributed by atoms with E-state index in [-0.39, 0.29) is 17.4 Å². The average molecular weight is 184 g/mol. The fourth-order valence-corrected chi connectivity index (χ4v) is 2.04. The maximum absolute atomic E-state index is 11.6. The normalized spacial score (nSPS) is 27.6. The molecule has 0 saturated heterocycles. The van der Waals surface area contributed by atoms with E-state index in [1.807, 2.05) is 11.9 Å². The summed E-state index contributed by atoms with van der Waals surface area (Å²) in [5, 5.41) is 0. The number of nitrogens with two attached hydrogens (primary N) is 1. The minimum absolute atomic E-state index is 0.0535. The van der Waals surface area contributed by atoms with Gasteiger partial charge in [-0.1, -0.05) is 13.8 Å². The summed E-state index contributed by atoms with van der Waals surface area (Å²) < 4.78 is 0. The fourth-order valence-electron chi connectivity index (χ4n) is 2.04. The molecular formula is C10H20N2O. The molecule has 1 amide bonds. The van der Waals surface area contributed by atoms with Crippen molar-refractivity contribution in [2.75, 3.05) is 7.05 Å². The summed E-state index contributed by atoms with van der Waals surface area (Å²) in [5.41, 5.74) is 5.83. The first-order valence-electron chi connectivity index (χ1n) is 4.88. The molecule has 0 heterocycles. The summed E-state index contributed by atoms with van der Waals surface area (Å²) in [6.07, 6.45) is 2.32. The highest BCUT2D eigenvalue weighted by molar-refractivity contribution is 5.81. The maximum Gasteiger partial charge on any atom is 0.239 e. The Labute approximate surface area is 80.3 Å². The number of carbonyl (C=O) groups excluding carboxylic acids is 1. The number of carbonyl (C=O) groups is 1. The van der Waals surface area contributed by atoms with Crippen molar-refractivity contribution in [3.63, 3.8) is 0 Å². The minimum Gasteiger partial charge on any atom is -0.341 e. The van der Waals surface area contributed by atoms with Crippen molar-refractivity contribution in [3.8, 4) is 0 Å². The lowest BCUT2D eigenvalue weighted by Gasteiger charge is -2.49. The quantitative estimate of drug-likeness (QED) is 0.695. The van der Waals surface area contributed by atoms with E-state index >= 15 is 0 Å². The van der Waals surface area contributed by atoms with Crippen LogP contribution in [0, 0.1) is 5.41 Å². The van der Waals surface area contributed by atoms with Gasteiger partial charge in [-0.3, -0.25) is 4.79 Å². The van der Waals surface area contributed by atoms with E-state index < -0.39 is 0 Å². The summed E-state index contributed by atoms with van der Waals surface area (Å²) in [7, 11) is 1.86. The number of amides is 1. The van der Waals surface area contributed by atoms with Crippen molar-refractivity contribution in [1.29, 1.82) is 0 Å². The van der Waals surface area contributed by atoms with E-state index in [0.29, 0.717) is 6.04 Å². The van der Waals surface area contributed by atoms with Gasteiger partial charge in [-0.05, 0) is 25.2 Å². The zero-order chi connectivity index (χ0) is 10.2. The maximum atomic E-state index is 11.6. The van der Waals surface area contributed by atoms with Crippen molar-refractivity contribution in [2.45, 2.75) is 45.7 Å². The Balaban J connectivity index is 2.58. The van der Waals surface area contributed by atoms with Crippen LogP contribution < -0.4 is 5.73 Å². The third kappa shape index (κ3) is 1.85. The molecule has 1 aliphatic carbocycles. The number of rotatable bonds is 2. The molecule has 0 aromatic carbocycles. The standard InChI is InChI=1S/C10H20N2O/c1-7(11)9(13)12(4)8-5-6-10(8,2)3/h7-8H,5-6,11H2,1-4H3. The third-order valence-corrected chi connectivity index (χ3v) is 3.17. The van der Waals surface area contributed by atoms with E-state index in [4.69, 9.17) is 5.73 Å². The van der Waals surface area contributed by atoms with E-state index in [1.54, 1.807) is 6.92 Å². The van der Waals surface area contributed by atoms with Crippen molar-refractivity contribution in [1.82, 2.24) is 4.90 Å². The Morgan fingerprint density at radius 3 is 2.38 bits per heavy atom.